The summed E-state index contributed by atoms with van der Waals surface area (Å²) in [6, 6.07) is 2.43. The summed E-state index contributed by atoms with van der Waals surface area (Å²) in [5.74, 6) is 0.174. The molecule has 0 aliphatic carbocycles. The lowest BCUT2D eigenvalue weighted by atomic mass is 10.2. The highest BCUT2D eigenvalue weighted by Gasteiger charge is 2.25. The smallest absolute Gasteiger partial charge is 0.219 e. The zero-order valence-electron chi connectivity index (χ0n) is 9.10. The third kappa shape index (κ3) is 1.91. The lowest BCUT2D eigenvalue weighted by molar-refractivity contribution is -0.127. The van der Waals surface area contributed by atoms with E-state index in [0.717, 1.165) is 24.4 Å². The molecular weight excluding hydrogens is 208 g/mol. The molecule has 0 bridgehead atoms. The first-order valence-corrected chi connectivity index (χ1v) is 5.66. The fourth-order valence-corrected chi connectivity index (χ4v) is 2.35. The van der Waals surface area contributed by atoms with Crippen LogP contribution in [0.2, 0.25) is 0 Å². The molecule has 1 atom stereocenters. The number of carbonyl (C=O) groups excluding carboxylic acids is 1. The van der Waals surface area contributed by atoms with Crippen molar-refractivity contribution in [3.8, 4) is 0 Å². The monoisotopic (exact) mass is 224 g/mol. The van der Waals surface area contributed by atoms with Crippen molar-refractivity contribution in [2.75, 3.05) is 13.1 Å². The van der Waals surface area contributed by atoms with E-state index in [4.69, 9.17) is 0 Å². The lowest BCUT2D eigenvalue weighted by Gasteiger charge is -2.16. The molecule has 3 nitrogen and oxygen atoms in total. The topological polar surface area (TPSA) is 25.2 Å². The van der Waals surface area contributed by atoms with Gasteiger partial charge in [0.1, 0.15) is 0 Å². The summed E-state index contributed by atoms with van der Waals surface area (Å²) in [4.78, 5) is 14.1. The molecule has 0 spiro atoms. The first-order chi connectivity index (χ1) is 7.09. The number of hydrogen-bond acceptors (Lipinski definition) is 2. The SMILES string of the molecule is CC(=O)N1CCC(n2ccc(S)c2C)C1. The average Bonchev–Trinajstić information content (AvgIpc) is 2.76. The third-order valence-electron chi connectivity index (χ3n) is 3.15. The van der Waals surface area contributed by atoms with E-state index in [1.807, 2.05) is 11.0 Å². The first kappa shape index (κ1) is 10.6. The second kappa shape index (κ2) is 3.93. The Balaban J connectivity index is 2.14. The van der Waals surface area contributed by atoms with Crippen LogP contribution in [-0.4, -0.2) is 28.5 Å². The summed E-state index contributed by atoms with van der Waals surface area (Å²) < 4.78 is 2.23. The second-order valence-corrected chi connectivity index (χ2v) is 4.58. The van der Waals surface area contributed by atoms with Crippen LogP contribution < -0.4 is 0 Å². The zero-order chi connectivity index (χ0) is 11.0. The molecule has 15 heavy (non-hydrogen) atoms. The molecule has 2 heterocycles. The van der Waals surface area contributed by atoms with E-state index in [1.165, 1.54) is 5.69 Å². The second-order valence-electron chi connectivity index (χ2n) is 4.10. The minimum absolute atomic E-state index is 0.174. The summed E-state index contributed by atoms with van der Waals surface area (Å²) in [7, 11) is 0. The van der Waals surface area contributed by atoms with Gasteiger partial charge in [0.05, 0.1) is 6.04 Å². The van der Waals surface area contributed by atoms with Gasteiger partial charge in [-0.05, 0) is 19.4 Å². The highest BCUT2D eigenvalue weighted by atomic mass is 32.1. The molecule has 82 valence electrons. The van der Waals surface area contributed by atoms with Crippen LogP contribution in [-0.2, 0) is 4.79 Å². The maximum absolute atomic E-state index is 11.2. The molecule has 1 fully saturated rings. The number of rotatable bonds is 1. The Morgan fingerprint density at radius 3 is 2.80 bits per heavy atom. The Kier molecular flexibility index (Phi) is 2.78. The molecule has 1 aliphatic heterocycles. The molecule has 0 aromatic carbocycles. The molecule has 1 amide bonds. The van der Waals surface area contributed by atoms with Gasteiger partial charge in [-0.25, -0.2) is 0 Å². The number of nitrogens with zero attached hydrogens (tertiary/aromatic N) is 2. The van der Waals surface area contributed by atoms with Gasteiger partial charge in [-0.1, -0.05) is 0 Å². The molecule has 1 saturated heterocycles. The van der Waals surface area contributed by atoms with E-state index < -0.39 is 0 Å². The average molecular weight is 224 g/mol. The van der Waals surface area contributed by atoms with E-state index in [1.54, 1.807) is 6.92 Å². The molecule has 1 aromatic heterocycles. The number of amides is 1. The predicted molar refractivity (Wildman–Crippen MR) is 62.3 cm³/mol. The molecule has 1 aromatic rings. The molecular formula is C11H16N2OS. The fraction of sp³-hybridized carbons (Fsp3) is 0.545. The molecule has 1 unspecified atom stereocenters. The summed E-state index contributed by atoms with van der Waals surface area (Å²) >= 11 is 4.37. The third-order valence-corrected chi connectivity index (χ3v) is 3.63. The van der Waals surface area contributed by atoms with Crippen LogP contribution in [0.5, 0.6) is 0 Å². The van der Waals surface area contributed by atoms with Crippen molar-refractivity contribution in [3.63, 3.8) is 0 Å². The van der Waals surface area contributed by atoms with E-state index in [2.05, 4.69) is 30.3 Å². The molecule has 4 heteroatoms. The van der Waals surface area contributed by atoms with Crippen LogP contribution in [0, 0.1) is 6.92 Å². The molecule has 0 saturated carbocycles. The Hall–Kier alpha value is -0.900. The quantitative estimate of drug-likeness (QED) is 0.724. The van der Waals surface area contributed by atoms with E-state index >= 15 is 0 Å². The predicted octanol–water partition coefficient (Wildman–Crippen LogP) is 1.88. The van der Waals surface area contributed by atoms with Crippen molar-refractivity contribution in [2.24, 2.45) is 0 Å². The van der Waals surface area contributed by atoms with Gasteiger partial charge in [0.15, 0.2) is 0 Å². The van der Waals surface area contributed by atoms with Crippen molar-refractivity contribution >= 4 is 18.5 Å². The zero-order valence-corrected chi connectivity index (χ0v) is 10.00. The van der Waals surface area contributed by atoms with Crippen LogP contribution in [0.1, 0.15) is 25.1 Å². The van der Waals surface area contributed by atoms with E-state index in [-0.39, 0.29) is 5.91 Å². The van der Waals surface area contributed by atoms with Crippen LogP contribution in [0.25, 0.3) is 0 Å². The minimum atomic E-state index is 0.174. The maximum Gasteiger partial charge on any atom is 0.219 e. The van der Waals surface area contributed by atoms with E-state index in [9.17, 15) is 4.79 Å². The fourth-order valence-electron chi connectivity index (χ4n) is 2.17. The maximum atomic E-state index is 11.2. The van der Waals surface area contributed by atoms with Gasteiger partial charge in [-0.3, -0.25) is 4.79 Å². The summed E-state index contributed by atoms with van der Waals surface area (Å²) in [6.45, 7) is 5.41. The Labute approximate surface area is 95.5 Å². The largest absolute Gasteiger partial charge is 0.346 e. The molecule has 1 aliphatic rings. The van der Waals surface area contributed by atoms with Gasteiger partial charge in [-0.2, -0.15) is 0 Å². The minimum Gasteiger partial charge on any atom is -0.346 e. The van der Waals surface area contributed by atoms with E-state index in [0.29, 0.717) is 6.04 Å². The summed E-state index contributed by atoms with van der Waals surface area (Å²) in [5.41, 5.74) is 1.19. The number of hydrogen-bond donors (Lipinski definition) is 1. The van der Waals surface area contributed by atoms with Crippen molar-refractivity contribution < 1.29 is 4.79 Å². The summed E-state index contributed by atoms with van der Waals surface area (Å²) in [5, 5.41) is 0. The Morgan fingerprint density at radius 1 is 1.60 bits per heavy atom. The van der Waals surface area contributed by atoms with Crippen LogP contribution in [0.3, 0.4) is 0 Å². The van der Waals surface area contributed by atoms with Crippen molar-refractivity contribution in [1.82, 2.24) is 9.47 Å². The van der Waals surface area contributed by atoms with Crippen molar-refractivity contribution in [3.05, 3.63) is 18.0 Å². The van der Waals surface area contributed by atoms with Crippen LogP contribution in [0.4, 0.5) is 0 Å². The number of aromatic nitrogens is 1. The highest BCUT2D eigenvalue weighted by molar-refractivity contribution is 7.80. The van der Waals surface area contributed by atoms with Gasteiger partial charge in [0.2, 0.25) is 5.91 Å². The Bertz CT molecular complexity index is 386. The van der Waals surface area contributed by atoms with Crippen molar-refractivity contribution in [1.29, 1.82) is 0 Å². The Morgan fingerprint density at radius 2 is 2.33 bits per heavy atom. The summed E-state index contributed by atoms with van der Waals surface area (Å²) in [6.07, 6.45) is 3.11. The lowest BCUT2D eigenvalue weighted by Crippen LogP contribution is -2.26. The standard InChI is InChI=1S/C11H16N2OS/c1-8-11(15)4-6-13(8)10-3-5-12(7-10)9(2)14/h4,6,10,15H,3,5,7H2,1-2H3. The molecule has 0 radical (unpaired) electrons. The van der Waals surface area contributed by atoms with Gasteiger partial charge < -0.3 is 9.47 Å². The van der Waals surface area contributed by atoms with Crippen molar-refractivity contribution in [2.45, 2.75) is 31.2 Å². The normalized spacial score (nSPS) is 21.0. The van der Waals surface area contributed by atoms with Gasteiger partial charge in [-0.15, -0.1) is 12.6 Å². The highest BCUT2D eigenvalue weighted by Crippen LogP contribution is 2.26. The number of likely N-dealkylation sites (tertiary alicyclic amines) is 1. The van der Waals surface area contributed by atoms with Gasteiger partial charge in [0, 0.05) is 36.8 Å². The molecule has 0 N–H and O–H groups in total. The van der Waals surface area contributed by atoms with Gasteiger partial charge in [0.25, 0.3) is 0 Å². The van der Waals surface area contributed by atoms with Crippen LogP contribution >= 0.6 is 12.6 Å². The first-order valence-electron chi connectivity index (χ1n) is 5.21. The van der Waals surface area contributed by atoms with Crippen LogP contribution in [0.15, 0.2) is 17.2 Å². The van der Waals surface area contributed by atoms with Gasteiger partial charge >= 0.3 is 0 Å². The molecule has 2 rings (SSSR count). The number of thiol groups is 1. The number of carbonyl (C=O) groups is 1.